The number of para-hydroxylation sites is 2. The molecule has 4 rings (SSSR count). The summed E-state index contributed by atoms with van der Waals surface area (Å²) in [6, 6.07) is 16.0. The summed E-state index contributed by atoms with van der Waals surface area (Å²) in [5.41, 5.74) is 2.39. The normalized spacial score (nSPS) is 18.7. The van der Waals surface area contributed by atoms with Crippen LogP contribution in [0.25, 0.3) is 0 Å². The second-order valence-electron chi connectivity index (χ2n) is 7.67. The molecule has 1 amide bonds. The molecular weight excluding hydrogens is 400 g/mol. The van der Waals surface area contributed by atoms with Crippen LogP contribution in [-0.4, -0.2) is 33.5 Å². The molecule has 0 aromatic heterocycles. The summed E-state index contributed by atoms with van der Waals surface area (Å²) in [6.45, 7) is 0.439. The molecule has 1 atom stereocenters. The Kier molecular flexibility index (Phi) is 6.08. The van der Waals surface area contributed by atoms with E-state index in [0.717, 1.165) is 19.3 Å². The van der Waals surface area contributed by atoms with Gasteiger partial charge in [0.2, 0.25) is 10.0 Å². The molecule has 0 bridgehead atoms. The quantitative estimate of drug-likeness (QED) is 0.719. The van der Waals surface area contributed by atoms with Gasteiger partial charge in [0.05, 0.1) is 18.0 Å². The van der Waals surface area contributed by atoms with Gasteiger partial charge in [0, 0.05) is 6.54 Å². The molecule has 30 heavy (non-hydrogen) atoms. The first-order valence-electron chi connectivity index (χ1n) is 10.3. The van der Waals surface area contributed by atoms with Gasteiger partial charge >= 0.3 is 0 Å². The molecule has 0 unspecified atom stereocenters. The lowest BCUT2D eigenvalue weighted by Gasteiger charge is -2.34. The van der Waals surface area contributed by atoms with Gasteiger partial charge in [0.1, 0.15) is 5.75 Å². The number of hydrogen-bond donors (Lipinski definition) is 1. The molecule has 1 aliphatic heterocycles. The zero-order chi connectivity index (χ0) is 21.0. The van der Waals surface area contributed by atoms with Gasteiger partial charge in [0.15, 0.2) is 6.10 Å². The van der Waals surface area contributed by atoms with Crippen LogP contribution in [0.4, 0.5) is 5.69 Å². The molecule has 0 saturated carbocycles. The number of anilines is 1. The van der Waals surface area contributed by atoms with E-state index in [-0.39, 0.29) is 18.2 Å². The minimum atomic E-state index is -3.69. The lowest BCUT2D eigenvalue weighted by molar-refractivity contribution is -0.127. The summed E-state index contributed by atoms with van der Waals surface area (Å²) in [7, 11) is -3.69. The SMILES string of the molecule is O=C(NCC1=CCCCC1)[C@H]1CN(S(=O)(=O)Cc2ccccc2)c2ccccc2O1. The van der Waals surface area contributed by atoms with Gasteiger partial charge in [-0.3, -0.25) is 9.10 Å². The van der Waals surface area contributed by atoms with Crippen molar-refractivity contribution in [3.63, 3.8) is 0 Å². The summed E-state index contributed by atoms with van der Waals surface area (Å²) in [5, 5.41) is 2.92. The summed E-state index contributed by atoms with van der Waals surface area (Å²) in [4.78, 5) is 12.8. The standard InChI is InChI=1S/C23H26N2O4S/c26-23(24-15-18-9-3-1-4-10-18)22-16-25(20-13-7-8-14-21(20)29-22)30(27,28)17-19-11-5-2-6-12-19/h2,5-9,11-14,22H,1,3-4,10,15-17H2,(H,24,26)/t22-/m1/s1. The van der Waals surface area contributed by atoms with E-state index in [4.69, 9.17) is 4.74 Å². The van der Waals surface area contributed by atoms with Crippen molar-refractivity contribution < 1.29 is 17.9 Å². The highest BCUT2D eigenvalue weighted by atomic mass is 32.2. The number of ether oxygens (including phenoxy) is 1. The van der Waals surface area contributed by atoms with Crippen molar-refractivity contribution in [3.8, 4) is 5.75 Å². The van der Waals surface area contributed by atoms with Crippen LogP contribution in [0.5, 0.6) is 5.75 Å². The monoisotopic (exact) mass is 426 g/mol. The molecule has 2 aromatic carbocycles. The number of sulfonamides is 1. The Morgan fingerprint density at radius 1 is 1.07 bits per heavy atom. The van der Waals surface area contributed by atoms with Crippen molar-refractivity contribution in [2.24, 2.45) is 0 Å². The minimum Gasteiger partial charge on any atom is -0.476 e. The number of carbonyl (C=O) groups excluding carboxylic acids is 1. The van der Waals surface area contributed by atoms with Crippen molar-refractivity contribution >= 4 is 21.6 Å². The fourth-order valence-corrected chi connectivity index (χ4v) is 5.43. The van der Waals surface area contributed by atoms with E-state index in [2.05, 4.69) is 11.4 Å². The van der Waals surface area contributed by atoms with E-state index in [0.29, 0.717) is 23.5 Å². The highest BCUT2D eigenvalue weighted by molar-refractivity contribution is 7.92. The van der Waals surface area contributed by atoms with E-state index in [9.17, 15) is 13.2 Å². The van der Waals surface area contributed by atoms with Crippen molar-refractivity contribution in [1.29, 1.82) is 0 Å². The number of nitrogens with one attached hydrogen (secondary N) is 1. The van der Waals surface area contributed by atoms with Crippen LogP contribution in [0.1, 0.15) is 31.2 Å². The molecule has 2 aliphatic rings. The maximum Gasteiger partial charge on any atom is 0.263 e. The molecule has 6 nitrogen and oxygen atoms in total. The Labute approximate surface area is 177 Å². The topological polar surface area (TPSA) is 75.7 Å². The van der Waals surface area contributed by atoms with Crippen molar-refractivity contribution in [2.45, 2.75) is 37.5 Å². The number of nitrogens with zero attached hydrogens (tertiary/aromatic N) is 1. The third kappa shape index (κ3) is 4.67. The summed E-state index contributed by atoms with van der Waals surface area (Å²) in [6.07, 6.45) is 5.65. The molecule has 0 saturated heterocycles. The first-order valence-corrected chi connectivity index (χ1v) is 11.9. The first kappa shape index (κ1) is 20.5. The number of rotatable bonds is 6. The van der Waals surface area contributed by atoms with Crippen LogP contribution < -0.4 is 14.4 Å². The molecule has 158 valence electrons. The predicted octanol–water partition coefficient (Wildman–Crippen LogP) is 3.40. The third-order valence-electron chi connectivity index (χ3n) is 5.43. The molecule has 0 fully saturated rings. The van der Waals surface area contributed by atoms with E-state index in [1.165, 1.54) is 16.3 Å². The van der Waals surface area contributed by atoms with Crippen LogP contribution >= 0.6 is 0 Å². The molecule has 2 aromatic rings. The Hall–Kier alpha value is -2.80. The minimum absolute atomic E-state index is 0.0446. The van der Waals surface area contributed by atoms with Crippen LogP contribution in [-0.2, 0) is 20.6 Å². The Balaban J connectivity index is 1.53. The van der Waals surface area contributed by atoms with Gasteiger partial charge in [-0.2, -0.15) is 0 Å². The smallest absolute Gasteiger partial charge is 0.263 e. The number of carbonyl (C=O) groups is 1. The van der Waals surface area contributed by atoms with Crippen LogP contribution in [0.3, 0.4) is 0 Å². The fraction of sp³-hybridized carbons (Fsp3) is 0.348. The highest BCUT2D eigenvalue weighted by Crippen LogP contribution is 2.35. The van der Waals surface area contributed by atoms with Gasteiger partial charge in [0.25, 0.3) is 5.91 Å². The second-order valence-corrected chi connectivity index (χ2v) is 9.57. The van der Waals surface area contributed by atoms with Crippen LogP contribution in [0.15, 0.2) is 66.2 Å². The second kappa shape index (κ2) is 8.92. The molecular formula is C23H26N2O4S. The summed E-state index contributed by atoms with van der Waals surface area (Å²) in [5.74, 6) is -0.0306. The molecule has 1 N–H and O–H groups in total. The van der Waals surface area contributed by atoms with Gasteiger partial charge in [-0.15, -0.1) is 0 Å². The average molecular weight is 427 g/mol. The van der Waals surface area contributed by atoms with Crippen molar-refractivity contribution in [1.82, 2.24) is 5.32 Å². The maximum absolute atomic E-state index is 13.2. The number of benzene rings is 2. The number of allylic oxidation sites excluding steroid dienone is 1. The number of fused-ring (bicyclic) bond motifs is 1. The number of amides is 1. The fourth-order valence-electron chi connectivity index (χ4n) is 3.84. The molecule has 1 heterocycles. The molecule has 1 aliphatic carbocycles. The van der Waals surface area contributed by atoms with E-state index >= 15 is 0 Å². The highest BCUT2D eigenvalue weighted by Gasteiger charge is 2.36. The Morgan fingerprint density at radius 2 is 1.83 bits per heavy atom. The van der Waals surface area contributed by atoms with Crippen LogP contribution in [0, 0.1) is 0 Å². The maximum atomic E-state index is 13.2. The van der Waals surface area contributed by atoms with Gasteiger partial charge in [-0.1, -0.05) is 54.1 Å². The van der Waals surface area contributed by atoms with Gasteiger partial charge in [-0.25, -0.2) is 8.42 Å². The zero-order valence-corrected chi connectivity index (χ0v) is 17.6. The average Bonchev–Trinajstić information content (AvgIpc) is 2.77. The van der Waals surface area contributed by atoms with E-state index in [1.54, 1.807) is 36.4 Å². The van der Waals surface area contributed by atoms with E-state index < -0.39 is 16.1 Å². The van der Waals surface area contributed by atoms with E-state index in [1.807, 2.05) is 18.2 Å². The first-order chi connectivity index (χ1) is 14.5. The Morgan fingerprint density at radius 3 is 2.60 bits per heavy atom. The summed E-state index contributed by atoms with van der Waals surface area (Å²) < 4.78 is 33.6. The van der Waals surface area contributed by atoms with Crippen molar-refractivity contribution in [2.75, 3.05) is 17.4 Å². The zero-order valence-electron chi connectivity index (χ0n) is 16.8. The number of hydrogen-bond acceptors (Lipinski definition) is 4. The van der Waals surface area contributed by atoms with Crippen molar-refractivity contribution in [3.05, 3.63) is 71.8 Å². The third-order valence-corrected chi connectivity index (χ3v) is 7.15. The largest absolute Gasteiger partial charge is 0.476 e. The Bertz CT molecular complexity index is 1030. The van der Waals surface area contributed by atoms with Gasteiger partial charge in [-0.05, 0) is 43.4 Å². The predicted molar refractivity (Wildman–Crippen MR) is 117 cm³/mol. The molecule has 0 radical (unpaired) electrons. The van der Waals surface area contributed by atoms with Crippen LogP contribution in [0.2, 0.25) is 0 Å². The lowest BCUT2D eigenvalue weighted by Crippen LogP contribution is -2.51. The molecule has 7 heteroatoms. The lowest BCUT2D eigenvalue weighted by atomic mass is 10.00. The summed E-state index contributed by atoms with van der Waals surface area (Å²) >= 11 is 0. The molecule has 0 spiro atoms. The van der Waals surface area contributed by atoms with Gasteiger partial charge < -0.3 is 10.1 Å².